The Morgan fingerprint density at radius 1 is 1.33 bits per heavy atom. The van der Waals surface area contributed by atoms with Gasteiger partial charge in [-0.05, 0) is 30.0 Å². The van der Waals surface area contributed by atoms with Crippen LogP contribution >= 0.6 is 0 Å². The Balaban J connectivity index is 2.73. The summed E-state index contributed by atoms with van der Waals surface area (Å²) in [7, 11) is 0. The molecule has 1 aromatic carbocycles. The summed E-state index contributed by atoms with van der Waals surface area (Å²) in [6.07, 6.45) is 1.03. The predicted molar refractivity (Wildman–Crippen MR) is 64.0 cm³/mol. The van der Waals surface area contributed by atoms with Crippen molar-refractivity contribution in [2.24, 2.45) is 11.7 Å². The fraction of sp³-hybridized carbons (Fsp3) is 0.538. The first-order chi connectivity index (χ1) is 7.15. The van der Waals surface area contributed by atoms with Gasteiger partial charge in [0.05, 0.1) is 6.61 Å². The summed E-state index contributed by atoms with van der Waals surface area (Å²) >= 11 is 0. The van der Waals surface area contributed by atoms with Gasteiger partial charge in [-0.25, -0.2) is 0 Å². The van der Waals surface area contributed by atoms with Crippen LogP contribution < -0.4 is 10.5 Å². The Kier molecular flexibility index (Phi) is 4.63. The zero-order valence-corrected chi connectivity index (χ0v) is 9.86. The van der Waals surface area contributed by atoms with Gasteiger partial charge in [-0.3, -0.25) is 0 Å². The lowest BCUT2D eigenvalue weighted by Gasteiger charge is -2.16. The first-order valence-electron chi connectivity index (χ1n) is 5.63. The van der Waals surface area contributed by atoms with Crippen LogP contribution in [0.15, 0.2) is 24.3 Å². The second-order valence-corrected chi connectivity index (χ2v) is 4.19. The minimum atomic E-state index is 0.0928. The van der Waals surface area contributed by atoms with Crippen molar-refractivity contribution in [2.45, 2.75) is 33.2 Å². The van der Waals surface area contributed by atoms with Gasteiger partial charge in [0.2, 0.25) is 0 Å². The van der Waals surface area contributed by atoms with E-state index < -0.39 is 0 Å². The standard InChI is InChI=1S/C13H21NO/c1-4-8-15-12-7-5-6-11(9-12)13(14)10(2)3/h5-7,9-10,13H,4,8,14H2,1-3H3. The van der Waals surface area contributed by atoms with Gasteiger partial charge < -0.3 is 10.5 Å². The number of ether oxygens (including phenoxy) is 1. The highest BCUT2D eigenvalue weighted by Crippen LogP contribution is 2.22. The van der Waals surface area contributed by atoms with Gasteiger partial charge >= 0.3 is 0 Å². The van der Waals surface area contributed by atoms with Crippen molar-refractivity contribution in [1.82, 2.24) is 0 Å². The zero-order chi connectivity index (χ0) is 11.3. The van der Waals surface area contributed by atoms with Gasteiger partial charge in [-0.1, -0.05) is 32.9 Å². The van der Waals surface area contributed by atoms with Crippen LogP contribution in [0.4, 0.5) is 0 Å². The molecular formula is C13H21NO. The van der Waals surface area contributed by atoms with Crippen LogP contribution in [0, 0.1) is 5.92 Å². The van der Waals surface area contributed by atoms with E-state index in [0.29, 0.717) is 5.92 Å². The topological polar surface area (TPSA) is 35.2 Å². The summed E-state index contributed by atoms with van der Waals surface area (Å²) in [4.78, 5) is 0. The van der Waals surface area contributed by atoms with E-state index in [1.54, 1.807) is 0 Å². The maximum absolute atomic E-state index is 6.08. The van der Waals surface area contributed by atoms with E-state index in [2.05, 4.69) is 26.8 Å². The molecule has 2 N–H and O–H groups in total. The van der Waals surface area contributed by atoms with Crippen LogP contribution in [0.2, 0.25) is 0 Å². The highest BCUT2D eigenvalue weighted by molar-refractivity contribution is 5.30. The van der Waals surface area contributed by atoms with Crippen LogP contribution in [-0.4, -0.2) is 6.61 Å². The fourth-order valence-corrected chi connectivity index (χ4v) is 1.42. The number of nitrogens with two attached hydrogens (primary N) is 1. The van der Waals surface area contributed by atoms with E-state index in [-0.39, 0.29) is 6.04 Å². The monoisotopic (exact) mass is 207 g/mol. The van der Waals surface area contributed by atoms with Gasteiger partial charge in [0.25, 0.3) is 0 Å². The van der Waals surface area contributed by atoms with E-state index in [9.17, 15) is 0 Å². The molecule has 1 rings (SSSR count). The van der Waals surface area contributed by atoms with Crippen LogP contribution in [0.3, 0.4) is 0 Å². The third kappa shape index (κ3) is 3.56. The lowest BCUT2D eigenvalue weighted by Crippen LogP contribution is -2.16. The Labute approximate surface area is 92.4 Å². The molecule has 0 heterocycles. The highest BCUT2D eigenvalue weighted by atomic mass is 16.5. The third-order valence-electron chi connectivity index (χ3n) is 2.43. The van der Waals surface area contributed by atoms with Crippen molar-refractivity contribution < 1.29 is 4.74 Å². The zero-order valence-electron chi connectivity index (χ0n) is 9.86. The molecule has 0 saturated carbocycles. The molecule has 0 aliphatic heterocycles. The van der Waals surface area contributed by atoms with Crippen molar-refractivity contribution in [2.75, 3.05) is 6.61 Å². The van der Waals surface area contributed by atoms with E-state index >= 15 is 0 Å². The highest BCUT2D eigenvalue weighted by Gasteiger charge is 2.10. The van der Waals surface area contributed by atoms with Gasteiger partial charge in [0, 0.05) is 6.04 Å². The van der Waals surface area contributed by atoms with E-state index in [0.717, 1.165) is 24.3 Å². The second kappa shape index (κ2) is 5.76. The predicted octanol–water partition coefficient (Wildman–Crippen LogP) is 3.13. The third-order valence-corrected chi connectivity index (χ3v) is 2.43. The largest absolute Gasteiger partial charge is 0.494 e. The van der Waals surface area contributed by atoms with Crippen molar-refractivity contribution in [1.29, 1.82) is 0 Å². The molecule has 0 spiro atoms. The summed E-state index contributed by atoms with van der Waals surface area (Å²) in [6.45, 7) is 7.12. The first-order valence-corrected chi connectivity index (χ1v) is 5.63. The van der Waals surface area contributed by atoms with Crippen molar-refractivity contribution in [3.8, 4) is 5.75 Å². The SMILES string of the molecule is CCCOc1cccc(C(N)C(C)C)c1. The Bertz CT molecular complexity index is 296. The van der Waals surface area contributed by atoms with Crippen molar-refractivity contribution >= 4 is 0 Å². The molecule has 2 heteroatoms. The molecule has 15 heavy (non-hydrogen) atoms. The van der Waals surface area contributed by atoms with Crippen LogP contribution in [0.5, 0.6) is 5.75 Å². The molecule has 0 bridgehead atoms. The molecule has 1 aromatic rings. The summed E-state index contributed by atoms with van der Waals surface area (Å²) in [5.41, 5.74) is 7.23. The molecule has 0 aliphatic rings. The van der Waals surface area contributed by atoms with Gasteiger partial charge in [0.1, 0.15) is 5.75 Å². The molecule has 2 nitrogen and oxygen atoms in total. The Morgan fingerprint density at radius 3 is 2.67 bits per heavy atom. The molecule has 0 fully saturated rings. The summed E-state index contributed by atoms with van der Waals surface area (Å²) in [5.74, 6) is 1.37. The van der Waals surface area contributed by atoms with Crippen molar-refractivity contribution in [3.05, 3.63) is 29.8 Å². The number of rotatable bonds is 5. The molecule has 0 radical (unpaired) electrons. The van der Waals surface area contributed by atoms with Gasteiger partial charge in [0.15, 0.2) is 0 Å². The molecule has 1 unspecified atom stereocenters. The molecule has 1 atom stereocenters. The van der Waals surface area contributed by atoms with E-state index in [1.807, 2.05) is 18.2 Å². The average Bonchev–Trinajstić information content (AvgIpc) is 2.25. The average molecular weight is 207 g/mol. The molecule has 0 aromatic heterocycles. The number of hydrogen-bond donors (Lipinski definition) is 1. The molecule has 84 valence electrons. The first kappa shape index (κ1) is 12.1. The van der Waals surface area contributed by atoms with Crippen LogP contribution in [0.25, 0.3) is 0 Å². The number of benzene rings is 1. The van der Waals surface area contributed by atoms with Crippen LogP contribution in [-0.2, 0) is 0 Å². The van der Waals surface area contributed by atoms with Gasteiger partial charge in [-0.15, -0.1) is 0 Å². The quantitative estimate of drug-likeness (QED) is 0.805. The van der Waals surface area contributed by atoms with E-state index in [1.165, 1.54) is 0 Å². The molecule has 0 saturated heterocycles. The molecular weight excluding hydrogens is 186 g/mol. The summed E-state index contributed by atoms with van der Waals surface area (Å²) in [6, 6.07) is 8.17. The Morgan fingerprint density at radius 2 is 2.07 bits per heavy atom. The lowest BCUT2D eigenvalue weighted by atomic mass is 9.97. The minimum absolute atomic E-state index is 0.0928. The number of hydrogen-bond acceptors (Lipinski definition) is 2. The summed E-state index contributed by atoms with van der Waals surface area (Å²) < 4.78 is 5.57. The van der Waals surface area contributed by atoms with E-state index in [4.69, 9.17) is 10.5 Å². The minimum Gasteiger partial charge on any atom is -0.494 e. The lowest BCUT2D eigenvalue weighted by molar-refractivity contribution is 0.316. The van der Waals surface area contributed by atoms with Crippen molar-refractivity contribution in [3.63, 3.8) is 0 Å². The van der Waals surface area contributed by atoms with Gasteiger partial charge in [-0.2, -0.15) is 0 Å². The normalized spacial score (nSPS) is 12.9. The second-order valence-electron chi connectivity index (χ2n) is 4.19. The maximum atomic E-state index is 6.08. The molecule has 0 amide bonds. The summed E-state index contributed by atoms with van der Waals surface area (Å²) in [5, 5.41) is 0. The van der Waals surface area contributed by atoms with Crippen LogP contribution in [0.1, 0.15) is 38.8 Å². The smallest absolute Gasteiger partial charge is 0.119 e. The maximum Gasteiger partial charge on any atom is 0.119 e. The molecule has 0 aliphatic carbocycles. The fourth-order valence-electron chi connectivity index (χ4n) is 1.42. The Hall–Kier alpha value is -1.02.